The molecule has 1 atom stereocenters. The molecule has 20 heavy (non-hydrogen) atoms. The number of rotatable bonds is 6. The average molecular weight is 281 g/mol. The number of likely N-dealkylation sites (tertiary alicyclic amines) is 2. The highest BCUT2D eigenvalue weighted by atomic mass is 16.2. The second kappa shape index (κ2) is 7.99. The summed E-state index contributed by atoms with van der Waals surface area (Å²) in [6, 6.07) is 0. The largest absolute Gasteiger partial charge is 0.342 e. The van der Waals surface area contributed by atoms with Crippen molar-refractivity contribution >= 4 is 5.91 Å². The quantitative estimate of drug-likeness (QED) is 0.803. The minimum atomic E-state index is 0.116. The highest BCUT2D eigenvalue weighted by Crippen LogP contribution is 2.21. The molecular weight excluding hydrogens is 250 g/mol. The minimum absolute atomic E-state index is 0.116. The second-order valence-electron chi connectivity index (χ2n) is 6.49. The van der Waals surface area contributed by atoms with Crippen molar-refractivity contribution in [3.05, 3.63) is 0 Å². The van der Waals surface area contributed by atoms with E-state index >= 15 is 0 Å². The van der Waals surface area contributed by atoms with Crippen molar-refractivity contribution in [3.63, 3.8) is 0 Å². The van der Waals surface area contributed by atoms with Gasteiger partial charge < -0.3 is 15.1 Å². The smallest absolute Gasteiger partial charge is 0.226 e. The highest BCUT2D eigenvalue weighted by molar-refractivity contribution is 5.78. The SMILES string of the molecule is CCNCC(C)C(=O)N1CCC(CN2CCCC2)CC1. The lowest BCUT2D eigenvalue weighted by molar-refractivity contribution is -0.136. The summed E-state index contributed by atoms with van der Waals surface area (Å²) >= 11 is 0. The molecule has 1 unspecified atom stereocenters. The fourth-order valence-corrected chi connectivity index (χ4v) is 3.43. The van der Waals surface area contributed by atoms with Crippen LogP contribution in [0.1, 0.15) is 39.5 Å². The summed E-state index contributed by atoms with van der Waals surface area (Å²) in [5.74, 6) is 1.26. The molecule has 2 fully saturated rings. The van der Waals surface area contributed by atoms with Gasteiger partial charge in [0.15, 0.2) is 0 Å². The van der Waals surface area contributed by atoms with E-state index in [1.807, 2.05) is 6.92 Å². The van der Waals surface area contributed by atoms with Gasteiger partial charge in [-0.1, -0.05) is 13.8 Å². The number of amides is 1. The van der Waals surface area contributed by atoms with Crippen LogP contribution in [0.4, 0.5) is 0 Å². The van der Waals surface area contributed by atoms with E-state index in [0.29, 0.717) is 5.91 Å². The summed E-state index contributed by atoms with van der Waals surface area (Å²) in [7, 11) is 0. The summed E-state index contributed by atoms with van der Waals surface area (Å²) in [6.45, 7) is 11.6. The van der Waals surface area contributed by atoms with Crippen LogP contribution in [-0.2, 0) is 4.79 Å². The molecule has 0 aromatic carbocycles. The summed E-state index contributed by atoms with van der Waals surface area (Å²) in [4.78, 5) is 17.0. The van der Waals surface area contributed by atoms with E-state index in [1.54, 1.807) is 0 Å². The molecule has 0 aliphatic carbocycles. The topological polar surface area (TPSA) is 35.6 Å². The van der Waals surface area contributed by atoms with Crippen LogP contribution in [0.3, 0.4) is 0 Å². The Hall–Kier alpha value is -0.610. The molecule has 2 rings (SSSR count). The Morgan fingerprint density at radius 3 is 2.45 bits per heavy atom. The van der Waals surface area contributed by atoms with Crippen LogP contribution in [0, 0.1) is 11.8 Å². The Bertz CT molecular complexity index is 294. The Morgan fingerprint density at radius 1 is 1.20 bits per heavy atom. The molecule has 0 saturated carbocycles. The van der Waals surface area contributed by atoms with Crippen molar-refractivity contribution in [3.8, 4) is 0 Å². The first-order chi connectivity index (χ1) is 9.70. The van der Waals surface area contributed by atoms with Gasteiger partial charge in [-0.3, -0.25) is 4.79 Å². The van der Waals surface area contributed by atoms with E-state index in [4.69, 9.17) is 0 Å². The molecule has 4 heteroatoms. The monoisotopic (exact) mass is 281 g/mol. The molecule has 0 spiro atoms. The zero-order chi connectivity index (χ0) is 14.4. The normalized spacial score (nSPS) is 23.2. The van der Waals surface area contributed by atoms with Gasteiger partial charge in [0, 0.05) is 32.1 Å². The lowest BCUT2D eigenvalue weighted by atomic mass is 9.95. The molecule has 0 aromatic heterocycles. The van der Waals surface area contributed by atoms with Gasteiger partial charge in [0.25, 0.3) is 0 Å². The first-order valence-electron chi connectivity index (χ1n) is 8.42. The number of hydrogen-bond acceptors (Lipinski definition) is 3. The van der Waals surface area contributed by atoms with Crippen molar-refractivity contribution in [1.82, 2.24) is 15.1 Å². The van der Waals surface area contributed by atoms with Crippen molar-refractivity contribution in [1.29, 1.82) is 0 Å². The first kappa shape index (κ1) is 15.8. The van der Waals surface area contributed by atoms with Crippen LogP contribution in [-0.4, -0.2) is 61.5 Å². The summed E-state index contributed by atoms with van der Waals surface area (Å²) in [5.41, 5.74) is 0. The van der Waals surface area contributed by atoms with Gasteiger partial charge in [0.1, 0.15) is 0 Å². The van der Waals surface area contributed by atoms with E-state index in [9.17, 15) is 4.79 Å². The highest BCUT2D eigenvalue weighted by Gasteiger charge is 2.27. The standard InChI is InChI=1S/C16H31N3O/c1-3-17-12-14(2)16(20)19-10-6-15(7-11-19)13-18-8-4-5-9-18/h14-15,17H,3-13H2,1-2H3. The molecule has 0 radical (unpaired) electrons. The molecule has 2 saturated heterocycles. The number of carbonyl (C=O) groups is 1. The third-order valence-electron chi connectivity index (χ3n) is 4.76. The van der Waals surface area contributed by atoms with Crippen molar-refractivity contribution in [2.75, 3.05) is 45.8 Å². The number of nitrogens with zero attached hydrogens (tertiary/aromatic N) is 2. The van der Waals surface area contributed by atoms with Gasteiger partial charge in [-0.2, -0.15) is 0 Å². The van der Waals surface area contributed by atoms with Crippen molar-refractivity contribution < 1.29 is 4.79 Å². The average Bonchev–Trinajstić information content (AvgIpc) is 2.97. The Kier molecular flexibility index (Phi) is 6.30. The Balaban J connectivity index is 1.68. The van der Waals surface area contributed by atoms with Gasteiger partial charge in [0.05, 0.1) is 0 Å². The van der Waals surface area contributed by atoms with Crippen LogP contribution < -0.4 is 5.32 Å². The molecule has 2 aliphatic rings. The predicted molar refractivity (Wildman–Crippen MR) is 82.7 cm³/mol. The Morgan fingerprint density at radius 2 is 1.85 bits per heavy atom. The summed E-state index contributed by atoms with van der Waals surface area (Å²) in [5, 5.41) is 3.27. The van der Waals surface area contributed by atoms with Crippen LogP contribution >= 0.6 is 0 Å². The van der Waals surface area contributed by atoms with Gasteiger partial charge >= 0.3 is 0 Å². The van der Waals surface area contributed by atoms with E-state index in [2.05, 4.69) is 22.0 Å². The number of piperidine rings is 1. The lowest BCUT2D eigenvalue weighted by Gasteiger charge is -2.35. The molecule has 2 aliphatic heterocycles. The summed E-state index contributed by atoms with van der Waals surface area (Å²) < 4.78 is 0. The molecule has 4 nitrogen and oxygen atoms in total. The maximum absolute atomic E-state index is 12.3. The van der Waals surface area contributed by atoms with E-state index < -0.39 is 0 Å². The molecule has 0 bridgehead atoms. The molecule has 1 N–H and O–H groups in total. The number of hydrogen-bond donors (Lipinski definition) is 1. The predicted octanol–water partition coefficient (Wildman–Crippen LogP) is 1.57. The number of carbonyl (C=O) groups excluding carboxylic acids is 1. The van der Waals surface area contributed by atoms with E-state index in [-0.39, 0.29) is 5.92 Å². The van der Waals surface area contributed by atoms with Crippen LogP contribution in [0.5, 0.6) is 0 Å². The number of nitrogens with one attached hydrogen (secondary N) is 1. The van der Waals surface area contributed by atoms with Gasteiger partial charge in [-0.25, -0.2) is 0 Å². The lowest BCUT2D eigenvalue weighted by Crippen LogP contribution is -2.45. The zero-order valence-corrected chi connectivity index (χ0v) is 13.2. The van der Waals surface area contributed by atoms with Crippen LogP contribution in [0.2, 0.25) is 0 Å². The van der Waals surface area contributed by atoms with Crippen LogP contribution in [0.25, 0.3) is 0 Å². The first-order valence-corrected chi connectivity index (χ1v) is 8.42. The molecule has 116 valence electrons. The van der Waals surface area contributed by atoms with Gasteiger partial charge in [0.2, 0.25) is 5.91 Å². The maximum Gasteiger partial charge on any atom is 0.226 e. The van der Waals surface area contributed by atoms with Crippen molar-refractivity contribution in [2.45, 2.75) is 39.5 Å². The van der Waals surface area contributed by atoms with Gasteiger partial charge in [-0.05, 0) is 51.2 Å². The fourth-order valence-electron chi connectivity index (χ4n) is 3.43. The fraction of sp³-hybridized carbons (Fsp3) is 0.938. The molecular formula is C16H31N3O. The zero-order valence-electron chi connectivity index (χ0n) is 13.2. The van der Waals surface area contributed by atoms with Crippen LogP contribution in [0.15, 0.2) is 0 Å². The molecule has 2 heterocycles. The van der Waals surface area contributed by atoms with E-state index in [0.717, 1.165) is 32.1 Å². The Labute approximate surface area is 123 Å². The molecule has 1 amide bonds. The minimum Gasteiger partial charge on any atom is -0.342 e. The second-order valence-corrected chi connectivity index (χ2v) is 6.49. The van der Waals surface area contributed by atoms with Gasteiger partial charge in [-0.15, -0.1) is 0 Å². The summed E-state index contributed by atoms with van der Waals surface area (Å²) in [6.07, 6.45) is 5.13. The third-order valence-corrected chi connectivity index (χ3v) is 4.76. The van der Waals surface area contributed by atoms with E-state index in [1.165, 1.54) is 45.3 Å². The molecule has 0 aromatic rings. The third kappa shape index (κ3) is 4.45. The maximum atomic E-state index is 12.3. The van der Waals surface area contributed by atoms with Crippen molar-refractivity contribution in [2.24, 2.45) is 11.8 Å².